The molecule has 1 aliphatic heterocycles. The Morgan fingerprint density at radius 3 is 2.39 bits per heavy atom. The number of piperazine rings is 1. The van der Waals surface area contributed by atoms with Crippen molar-refractivity contribution in [3.8, 4) is 11.1 Å². The Bertz CT molecular complexity index is 2060. The van der Waals surface area contributed by atoms with Gasteiger partial charge in [0.1, 0.15) is 5.82 Å². The van der Waals surface area contributed by atoms with Crippen LogP contribution in [0, 0.1) is 30.1 Å². The van der Waals surface area contributed by atoms with Crippen molar-refractivity contribution in [2.45, 2.75) is 83.2 Å². The van der Waals surface area contributed by atoms with E-state index in [1.807, 2.05) is 42.3 Å². The number of amides is 2. The molecule has 4 aromatic rings. The molecule has 0 unspecified atom stereocenters. The van der Waals surface area contributed by atoms with E-state index in [1.54, 1.807) is 6.20 Å². The maximum absolute atomic E-state index is 13.9. The first-order valence-corrected chi connectivity index (χ1v) is 21.1. The van der Waals surface area contributed by atoms with Crippen LogP contribution in [0.1, 0.15) is 86.5 Å². The number of anilines is 1. The molecular weight excluding hydrogens is 697 g/mol. The van der Waals surface area contributed by atoms with E-state index in [1.165, 1.54) is 50.3 Å². The third kappa shape index (κ3) is 7.56. The smallest absolute Gasteiger partial charge is 0.254 e. The number of thioether (sulfide) groups is 1. The molecule has 5 aliphatic rings. The van der Waals surface area contributed by atoms with Gasteiger partial charge in [0.25, 0.3) is 11.5 Å². The quantitative estimate of drug-likeness (QED) is 0.147. The Morgan fingerprint density at radius 2 is 1.70 bits per heavy atom. The fourth-order valence-corrected chi connectivity index (χ4v) is 11.2. The molecule has 4 saturated carbocycles. The van der Waals surface area contributed by atoms with E-state index in [9.17, 15) is 14.4 Å². The predicted molar refractivity (Wildman–Crippen MR) is 215 cm³/mol. The molecule has 0 radical (unpaired) electrons. The van der Waals surface area contributed by atoms with Gasteiger partial charge in [-0.25, -0.2) is 4.98 Å². The van der Waals surface area contributed by atoms with Gasteiger partial charge in [-0.3, -0.25) is 24.0 Å². The predicted octanol–water partition coefficient (Wildman–Crippen LogP) is 6.17. The van der Waals surface area contributed by atoms with Crippen molar-refractivity contribution in [1.29, 1.82) is 0 Å². The van der Waals surface area contributed by atoms with Crippen molar-refractivity contribution < 1.29 is 9.59 Å². The first-order valence-electron chi connectivity index (χ1n) is 19.8. The number of aromatic amines is 1. The fourth-order valence-electron chi connectivity index (χ4n) is 10.4. The number of rotatable bonds is 12. The first-order chi connectivity index (χ1) is 26.1. The first kappa shape index (κ1) is 36.8. The molecule has 3 N–H and O–H groups in total. The van der Waals surface area contributed by atoms with E-state index in [-0.39, 0.29) is 35.4 Å². The maximum atomic E-state index is 13.9. The molecular formula is C42H54N8O3S. The maximum Gasteiger partial charge on any atom is 0.254 e. The van der Waals surface area contributed by atoms with Gasteiger partial charge in [-0.1, -0.05) is 0 Å². The lowest BCUT2D eigenvalue weighted by atomic mass is 9.49. The number of hydrogen-bond acceptors (Lipinski definition) is 8. The summed E-state index contributed by atoms with van der Waals surface area (Å²) in [6.45, 7) is 11.2. The molecule has 3 aromatic heterocycles. The van der Waals surface area contributed by atoms with Crippen LogP contribution in [0.5, 0.6) is 0 Å². The van der Waals surface area contributed by atoms with E-state index < -0.39 is 0 Å². The lowest BCUT2D eigenvalue weighted by molar-refractivity contribution is -0.129. The molecule has 1 aromatic carbocycles. The lowest BCUT2D eigenvalue weighted by Crippen LogP contribution is -2.50. The topological polar surface area (TPSA) is 128 Å². The normalized spacial score (nSPS) is 23.7. The number of aryl methyl sites for hydroxylation is 1. The number of hydrogen-bond donors (Lipinski definition) is 3. The third-order valence-corrected chi connectivity index (χ3v) is 13.4. The van der Waals surface area contributed by atoms with Crippen LogP contribution in [-0.2, 0) is 11.3 Å². The highest BCUT2D eigenvalue weighted by molar-refractivity contribution is 7.98. The van der Waals surface area contributed by atoms with Gasteiger partial charge >= 0.3 is 0 Å². The second-order valence-corrected chi connectivity index (χ2v) is 17.7. The molecule has 9 rings (SSSR count). The Hall–Kier alpha value is -4.16. The van der Waals surface area contributed by atoms with Crippen molar-refractivity contribution >= 4 is 40.3 Å². The van der Waals surface area contributed by atoms with Crippen LogP contribution in [0.3, 0.4) is 0 Å². The average Bonchev–Trinajstić information content (AvgIpc) is 3.58. The van der Waals surface area contributed by atoms with Crippen molar-refractivity contribution in [1.82, 2.24) is 35.3 Å². The van der Waals surface area contributed by atoms with Crippen LogP contribution in [0.15, 0.2) is 52.4 Å². The summed E-state index contributed by atoms with van der Waals surface area (Å²) in [6.07, 6.45) is 14.3. The number of fused-ring (bicyclic) bond motifs is 1. The van der Waals surface area contributed by atoms with Gasteiger partial charge in [0, 0.05) is 86.0 Å². The monoisotopic (exact) mass is 750 g/mol. The highest BCUT2D eigenvalue weighted by Crippen LogP contribution is 2.61. The molecule has 54 heavy (non-hydrogen) atoms. The van der Waals surface area contributed by atoms with Crippen LogP contribution in [0.2, 0.25) is 0 Å². The molecule has 0 atom stereocenters. The van der Waals surface area contributed by atoms with Crippen LogP contribution in [0.4, 0.5) is 5.82 Å². The molecule has 5 fully saturated rings. The number of carbonyl (C=O) groups is 2. The minimum absolute atomic E-state index is 0.100. The molecule has 0 spiro atoms. The van der Waals surface area contributed by atoms with Crippen LogP contribution < -0.4 is 21.1 Å². The van der Waals surface area contributed by atoms with Crippen molar-refractivity contribution in [3.63, 3.8) is 0 Å². The zero-order chi connectivity index (χ0) is 37.6. The number of pyridine rings is 2. The van der Waals surface area contributed by atoms with Gasteiger partial charge in [-0.15, -0.1) is 11.8 Å². The Balaban J connectivity index is 0.913. The molecule has 4 aliphatic carbocycles. The summed E-state index contributed by atoms with van der Waals surface area (Å²) in [4.78, 5) is 52.9. The van der Waals surface area contributed by atoms with Crippen molar-refractivity contribution in [3.05, 3.63) is 69.9 Å². The standard InChI is InChI=1S/C42H54N8O3S/c1-26(2)50-36-18-32(17-33(34(36)25-46-50)40(52)45-24-35-37(54-4)13-27(3)47-41(35)53)31-5-6-43-38(19-31)49-11-9-48(10-12-49)8-7-44-39(51)23-42-20-28-14-29(21-42)16-30(15-28)22-42/h5-6,13,17-19,25-26,28-30H,7-12,14-16,20-24H2,1-4H3,(H,44,51)(H,45,52)(H,47,53). The minimum atomic E-state index is -0.258. The molecule has 2 amide bonds. The highest BCUT2D eigenvalue weighted by Gasteiger charge is 2.51. The van der Waals surface area contributed by atoms with Crippen LogP contribution in [0.25, 0.3) is 22.0 Å². The van der Waals surface area contributed by atoms with Gasteiger partial charge < -0.3 is 20.5 Å². The lowest BCUT2D eigenvalue weighted by Gasteiger charge is -2.56. The van der Waals surface area contributed by atoms with Crippen molar-refractivity contribution in [2.24, 2.45) is 23.2 Å². The molecule has 12 heteroatoms. The summed E-state index contributed by atoms with van der Waals surface area (Å²) in [7, 11) is 0. The van der Waals surface area contributed by atoms with Gasteiger partial charge in [0.2, 0.25) is 5.91 Å². The number of aromatic nitrogens is 4. The van der Waals surface area contributed by atoms with Crippen LogP contribution in [-0.4, -0.2) is 82.0 Å². The third-order valence-electron chi connectivity index (χ3n) is 12.6. The summed E-state index contributed by atoms with van der Waals surface area (Å²) in [5, 5.41) is 11.7. The summed E-state index contributed by atoms with van der Waals surface area (Å²) in [5.41, 5.74) is 4.69. The second kappa shape index (κ2) is 15.2. The SMILES string of the molecule is CSc1cc(C)[nH]c(=O)c1CNC(=O)c1cc(-c2ccnc(N3CCN(CCNC(=O)CC45CC6CC(CC(C6)C4)C5)CC3)c2)cc2c1cnn2C(C)C. The highest BCUT2D eigenvalue weighted by atomic mass is 32.2. The zero-order valence-corrected chi connectivity index (χ0v) is 32.9. The summed E-state index contributed by atoms with van der Waals surface area (Å²) in [6, 6.07) is 10.2. The Labute approximate surface area is 322 Å². The minimum Gasteiger partial charge on any atom is -0.355 e. The summed E-state index contributed by atoms with van der Waals surface area (Å²) < 4.78 is 1.94. The number of benzene rings is 1. The van der Waals surface area contributed by atoms with E-state index >= 15 is 0 Å². The number of nitrogens with one attached hydrogen (secondary N) is 3. The molecule has 1 saturated heterocycles. The molecule has 286 valence electrons. The summed E-state index contributed by atoms with van der Waals surface area (Å²) >= 11 is 1.49. The zero-order valence-electron chi connectivity index (χ0n) is 32.1. The van der Waals surface area contributed by atoms with Gasteiger partial charge in [-0.05, 0) is 130 Å². The second-order valence-electron chi connectivity index (χ2n) is 16.8. The van der Waals surface area contributed by atoms with Crippen molar-refractivity contribution in [2.75, 3.05) is 50.4 Å². The van der Waals surface area contributed by atoms with E-state index in [0.29, 0.717) is 17.7 Å². The number of nitrogens with zero attached hydrogens (tertiary/aromatic N) is 5. The Kier molecular flexibility index (Phi) is 10.3. The fraction of sp³-hybridized carbons (Fsp3) is 0.548. The largest absolute Gasteiger partial charge is 0.355 e. The van der Waals surface area contributed by atoms with Gasteiger partial charge in [0.05, 0.1) is 17.3 Å². The average molecular weight is 751 g/mol. The van der Waals surface area contributed by atoms with E-state index in [0.717, 1.165) is 95.3 Å². The number of carbonyl (C=O) groups excluding carboxylic acids is 2. The Morgan fingerprint density at radius 1 is 0.981 bits per heavy atom. The van der Waals surface area contributed by atoms with Crippen LogP contribution >= 0.6 is 11.8 Å². The molecule has 4 heterocycles. The van der Waals surface area contributed by atoms with E-state index in [2.05, 4.69) is 56.5 Å². The van der Waals surface area contributed by atoms with Gasteiger partial charge in [0.15, 0.2) is 0 Å². The molecule has 11 nitrogen and oxygen atoms in total. The molecule has 4 bridgehead atoms. The number of H-pyrrole nitrogens is 1. The van der Waals surface area contributed by atoms with Gasteiger partial charge in [-0.2, -0.15) is 5.10 Å². The summed E-state index contributed by atoms with van der Waals surface area (Å²) in [5.74, 6) is 3.51. The van der Waals surface area contributed by atoms with E-state index in [4.69, 9.17) is 4.98 Å².